The number of para-hydroxylation sites is 2. The number of carbonyl (C=O) groups excluding carboxylic acids is 1. The van der Waals surface area contributed by atoms with Gasteiger partial charge in [-0.15, -0.1) is 11.3 Å². The van der Waals surface area contributed by atoms with E-state index >= 15 is 0 Å². The highest BCUT2D eigenvalue weighted by Gasteiger charge is 2.29. The summed E-state index contributed by atoms with van der Waals surface area (Å²) in [6.45, 7) is 0.449. The second kappa shape index (κ2) is 9.39. The summed E-state index contributed by atoms with van der Waals surface area (Å²) in [6, 6.07) is 18.0. The summed E-state index contributed by atoms with van der Waals surface area (Å²) in [4.78, 5) is 13.0. The summed E-state index contributed by atoms with van der Waals surface area (Å²) < 4.78 is 40.5. The van der Waals surface area contributed by atoms with Crippen LogP contribution in [0.2, 0.25) is 0 Å². The molecular formula is C21H19BrN2O5S2. The fourth-order valence-electron chi connectivity index (χ4n) is 3.05. The van der Waals surface area contributed by atoms with Gasteiger partial charge >= 0.3 is 0 Å². The van der Waals surface area contributed by atoms with Crippen molar-refractivity contribution >= 4 is 43.2 Å². The van der Waals surface area contributed by atoms with Gasteiger partial charge in [-0.3, -0.25) is 4.79 Å². The molecular weight excluding hydrogens is 504 g/mol. The van der Waals surface area contributed by atoms with E-state index in [1.165, 1.54) is 6.07 Å². The van der Waals surface area contributed by atoms with E-state index in [0.717, 1.165) is 11.3 Å². The van der Waals surface area contributed by atoms with Crippen molar-refractivity contribution in [2.24, 2.45) is 0 Å². The van der Waals surface area contributed by atoms with Gasteiger partial charge in [0.25, 0.3) is 10.0 Å². The molecule has 2 heterocycles. The van der Waals surface area contributed by atoms with Crippen molar-refractivity contribution in [2.45, 2.75) is 16.4 Å². The van der Waals surface area contributed by atoms with Gasteiger partial charge in [-0.05, 0) is 45.8 Å². The molecule has 1 aliphatic rings. The van der Waals surface area contributed by atoms with E-state index in [1.54, 1.807) is 42.5 Å². The molecule has 162 valence electrons. The Kier molecular flexibility index (Phi) is 6.61. The minimum absolute atomic E-state index is 0.119. The van der Waals surface area contributed by atoms with Crippen LogP contribution in [0.25, 0.3) is 0 Å². The first-order chi connectivity index (χ1) is 14.9. The molecule has 0 spiro atoms. The average molecular weight is 523 g/mol. The van der Waals surface area contributed by atoms with Crippen molar-refractivity contribution in [2.75, 3.05) is 13.2 Å². The lowest BCUT2D eigenvalue weighted by Crippen LogP contribution is -2.45. The lowest BCUT2D eigenvalue weighted by molar-refractivity contribution is -0.123. The van der Waals surface area contributed by atoms with E-state index < -0.39 is 22.0 Å². The normalized spacial score (nSPS) is 16.5. The van der Waals surface area contributed by atoms with Crippen LogP contribution in [-0.2, 0) is 14.8 Å². The number of thiophene rings is 1. The SMILES string of the molecule is O=C(NC[C@H]1COc2ccccc2O1)[C@@H](NS(=O)(=O)c1ccc(Br)s1)c1ccccc1. The molecule has 2 N–H and O–H groups in total. The van der Waals surface area contributed by atoms with E-state index in [1.807, 2.05) is 18.2 Å². The third kappa shape index (κ3) is 5.27. The van der Waals surface area contributed by atoms with Crippen LogP contribution < -0.4 is 19.5 Å². The lowest BCUT2D eigenvalue weighted by Gasteiger charge is -2.27. The standard InChI is InChI=1S/C21H19BrN2O5S2/c22-18-10-11-19(30-18)31(26,27)24-20(14-6-2-1-3-7-14)21(25)23-12-15-13-28-16-8-4-5-9-17(16)29-15/h1-11,15,20,24H,12-13H2,(H,23,25)/t15-,20-/m0/s1. The smallest absolute Gasteiger partial charge is 0.251 e. The number of rotatable bonds is 7. The van der Waals surface area contributed by atoms with Crippen LogP contribution in [0.3, 0.4) is 0 Å². The van der Waals surface area contributed by atoms with Gasteiger partial charge in [0.15, 0.2) is 11.5 Å². The maximum atomic E-state index is 13.0. The second-order valence-corrected chi connectivity index (χ2v) is 11.2. The highest BCUT2D eigenvalue weighted by atomic mass is 79.9. The van der Waals surface area contributed by atoms with E-state index in [4.69, 9.17) is 9.47 Å². The van der Waals surface area contributed by atoms with E-state index in [9.17, 15) is 13.2 Å². The third-order valence-electron chi connectivity index (χ3n) is 4.55. The Labute approximate surface area is 192 Å². The quantitative estimate of drug-likeness (QED) is 0.495. The number of amides is 1. The van der Waals surface area contributed by atoms with Gasteiger partial charge in [0.2, 0.25) is 5.91 Å². The molecule has 0 radical (unpaired) electrons. The van der Waals surface area contributed by atoms with Crippen LogP contribution in [0.4, 0.5) is 0 Å². The molecule has 2 aromatic carbocycles. The molecule has 31 heavy (non-hydrogen) atoms. The molecule has 0 bridgehead atoms. The van der Waals surface area contributed by atoms with Gasteiger partial charge in [-0.1, -0.05) is 42.5 Å². The average Bonchev–Trinajstić information content (AvgIpc) is 3.24. The number of sulfonamides is 1. The summed E-state index contributed by atoms with van der Waals surface area (Å²) in [5.74, 6) is 0.784. The number of hydrogen-bond donors (Lipinski definition) is 2. The highest BCUT2D eigenvalue weighted by Crippen LogP contribution is 2.31. The fraction of sp³-hybridized carbons (Fsp3) is 0.190. The third-order valence-corrected chi connectivity index (χ3v) is 8.09. The number of carbonyl (C=O) groups is 1. The van der Waals surface area contributed by atoms with E-state index in [-0.39, 0.29) is 23.5 Å². The summed E-state index contributed by atoms with van der Waals surface area (Å²) in [6.07, 6.45) is -0.389. The molecule has 7 nitrogen and oxygen atoms in total. The van der Waals surface area contributed by atoms with Gasteiger partial charge in [0.1, 0.15) is 23.0 Å². The van der Waals surface area contributed by atoms with E-state index in [2.05, 4.69) is 26.0 Å². The number of ether oxygens (including phenoxy) is 2. The predicted molar refractivity (Wildman–Crippen MR) is 121 cm³/mol. The Morgan fingerprint density at radius 2 is 1.77 bits per heavy atom. The van der Waals surface area contributed by atoms with Crippen LogP contribution in [0.5, 0.6) is 11.5 Å². The summed E-state index contributed by atoms with van der Waals surface area (Å²) in [7, 11) is -3.89. The van der Waals surface area contributed by atoms with Crippen molar-refractivity contribution in [3.8, 4) is 11.5 Å². The highest BCUT2D eigenvalue weighted by molar-refractivity contribution is 9.11. The predicted octanol–water partition coefficient (Wildman–Crippen LogP) is 3.49. The molecule has 10 heteroatoms. The van der Waals surface area contributed by atoms with Crippen molar-refractivity contribution in [3.63, 3.8) is 0 Å². The monoisotopic (exact) mass is 522 g/mol. The molecule has 0 saturated carbocycles. The molecule has 2 atom stereocenters. The topological polar surface area (TPSA) is 93.7 Å². The summed E-state index contributed by atoms with van der Waals surface area (Å²) in [5.41, 5.74) is 0.533. The van der Waals surface area contributed by atoms with Crippen molar-refractivity contribution in [1.29, 1.82) is 0 Å². The fourth-order valence-corrected chi connectivity index (χ4v) is 6.26. The van der Waals surface area contributed by atoms with Crippen LogP contribution in [-0.4, -0.2) is 33.6 Å². The van der Waals surface area contributed by atoms with Crippen molar-refractivity contribution in [1.82, 2.24) is 10.0 Å². The largest absolute Gasteiger partial charge is 0.486 e. The second-order valence-electron chi connectivity index (χ2n) is 6.77. The first-order valence-electron chi connectivity index (χ1n) is 9.41. The number of fused-ring (bicyclic) bond motifs is 1. The van der Waals surface area contributed by atoms with Gasteiger partial charge < -0.3 is 14.8 Å². The summed E-state index contributed by atoms with van der Waals surface area (Å²) in [5, 5.41) is 2.78. The van der Waals surface area contributed by atoms with Crippen molar-refractivity contribution in [3.05, 3.63) is 76.1 Å². The lowest BCUT2D eigenvalue weighted by atomic mass is 10.1. The van der Waals surface area contributed by atoms with Crippen molar-refractivity contribution < 1.29 is 22.7 Å². The first-order valence-corrected chi connectivity index (χ1v) is 12.5. The zero-order valence-corrected chi connectivity index (χ0v) is 19.4. The molecule has 0 saturated heterocycles. The van der Waals surface area contributed by atoms with Crippen LogP contribution in [0.1, 0.15) is 11.6 Å². The summed E-state index contributed by atoms with van der Waals surface area (Å²) >= 11 is 4.34. The maximum absolute atomic E-state index is 13.0. The zero-order valence-electron chi connectivity index (χ0n) is 16.2. The van der Waals surface area contributed by atoms with Crippen LogP contribution >= 0.6 is 27.3 Å². The maximum Gasteiger partial charge on any atom is 0.251 e. The molecule has 0 unspecified atom stereocenters. The Morgan fingerprint density at radius 3 is 2.48 bits per heavy atom. The molecule has 0 fully saturated rings. The molecule has 1 amide bonds. The molecule has 1 aliphatic heterocycles. The van der Waals surface area contributed by atoms with E-state index in [0.29, 0.717) is 20.8 Å². The molecule has 3 aromatic rings. The Balaban J connectivity index is 1.47. The van der Waals surface area contributed by atoms with Gasteiger partial charge in [-0.25, -0.2) is 8.42 Å². The number of benzene rings is 2. The van der Waals surface area contributed by atoms with Crippen LogP contribution in [0.15, 0.2) is 74.7 Å². The molecule has 4 rings (SSSR count). The van der Waals surface area contributed by atoms with Gasteiger partial charge in [-0.2, -0.15) is 4.72 Å². The molecule has 0 aliphatic carbocycles. The molecule has 1 aromatic heterocycles. The minimum Gasteiger partial charge on any atom is -0.486 e. The number of halogens is 1. The number of nitrogens with one attached hydrogen (secondary N) is 2. The number of hydrogen-bond acceptors (Lipinski definition) is 6. The van der Waals surface area contributed by atoms with Gasteiger partial charge in [0.05, 0.1) is 10.3 Å². The Morgan fingerprint density at radius 1 is 1.06 bits per heavy atom. The van der Waals surface area contributed by atoms with Gasteiger partial charge in [0, 0.05) is 0 Å². The Bertz CT molecular complexity index is 1170. The Hall–Kier alpha value is -2.40. The van der Waals surface area contributed by atoms with Crippen LogP contribution in [0, 0.1) is 0 Å². The minimum atomic E-state index is -3.89. The zero-order chi connectivity index (χ0) is 21.8. The first kappa shape index (κ1) is 21.8.